The molecule has 2 fully saturated rings. The molecule has 2 unspecified atom stereocenters. The van der Waals surface area contributed by atoms with Crippen molar-refractivity contribution in [2.24, 2.45) is 5.92 Å². The molecule has 2 saturated heterocycles. The number of nitrogens with zero attached hydrogens (tertiary/aromatic N) is 4. The van der Waals surface area contributed by atoms with E-state index in [0.29, 0.717) is 5.91 Å². The number of benzene rings is 1. The van der Waals surface area contributed by atoms with Crippen molar-refractivity contribution >= 4 is 11.7 Å². The number of hydrogen-bond acceptors (Lipinski definition) is 4. The summed E-state index contributed by atoms with van der Waals surface area (Å²) in [4.78, 5) is 26.1. The number of likely N-dealkylation sites (tertiary alicyclic amines) is 1. The maximum atomic E-state index is 13.2. The number of anilines is 1. The van der Waals surface area contributed by atoms with E-state index in [9.17, 15) is 4.79 Å². The van der Waals surface area contributed by atoms with Gasteiger partial charge in [-0.15, -0.1) is 0 Å². The van der Waals surface area contributed by atoms with E-state index in [1.807, 2.05) is 6.07 Å². The van der Waals surface area contributed by atoms with Gasteiger partial charge in [-0.2, -0.15) is 0 Å². The van der Waals surface area contributed by atoms with E-state index in [1.165, 1.54) is 5.56 Å². The van der Waals surface area contributed by atoms with E-state index >= 15 is 0 Å². The van der Waals surface area contributed by atoms with Crippen LogP contribution < -0.4 is 4.90 Å². The fourth-order valence-electron chi connectivity index (χ4n) is 4.13. The molecule has 2 aliphatic heterocycles. The van der Waals surface area contributed by atoms with Gasteiger partial charge in [-0.25, -0.2) is 4.98 Å². The maximum absolute atomic E-state index is 13.2. The number of rotatable bonds is 3. The molecular formula is C20H24N4O. The third-order valence-corrected chi connectivity index (χ3v) is 5.36. The van der Waals surface area contributed by atoms with Crippen LogP contribution in [0.3, 0.4) is 0 Å². The number of carbonyl (C=O) groups is 1. The molecule has 1 amide bonds. The Kier molecular flexibility index (Phi) is 4.63. The van der Waals surface area contributed by atoms with Crippen LogP contribution in [-0.2, 0) is 4.79 Å². The lowest BCUT2D eigenvalue weighted by Crippen LogP contribution is -2.45. The van der Waals surface area contributed by atoms with Crippen LogP contribution in [0.25, 0.3) is 0 Å². The summed E-state index contributed by atoms with van der Waals surface area (Å²) in [6, 6.07) is 10.7. The molecular weight excluding hydrogens is 312 g/mol. The maximum Gasteiger partial charge on any atom is 0.227 e. The predicted molar refractivity (Wildman–Crippen MR) is 97.1 cm³/mol. The second-order valence-electron chi connectivity index (χ2n) is 6.95. The molecule has 0 aliphatic carbocycles. The standard InChI is InChI=1S/C20H24N4O/c25-20(24-13-5-9-18(24)16-6-2-1-3-7-16)17-8-4-12-23(15-17)19-14-21-10-11-22-19/h1-3,6-7,10-11,14,17-18H,4-5,8-9,12-13,15H2. The first-order valence-electron chi connectivity index (χ1n) is 9.19. The summed E-state index contributed by atoms with van der Waals surface area (Å²) in [6.45, 7) is 2.57. The SMILES string of the molecule is O=C(C1CCCN(c2cnccn2)C1)N1CCCC1c1ccccc1. The Morgan fingerprint density at radius 1 is 1.04 bits per heavy atom. The minimum atomic E-state index is 0.0556. The molecule has 2 aliphatic rings. The van der Waals surface area contributed by atoms with Crippen molar-refractivity contribution in [1.82, 2.24) is 14.9 Å². The Morgan fingerprint density at radius 3 is 2.68 bits per heavy atom. The Labute approximate surface area is 148 Å². The fraction of sp³-hybridized carbons (Fsp3) is 0.450. The quantitative estimate of drug-likeness (QED) is 0.864. The number of piperidine rings is 1. The Bertz CT molecular complexity index is 706. The van der Waals surface area contributed by atoms with Gasteiger partial charge in [-0.3, -0.25) is 9.78 Å². The van der Waals surface area contributed by atoms with Crippen molar-refractivity contribution in [3.8, 4) is 0 Å². The molecule has 0 radical (unpaired) electrons. The highest BCUT2D eigenvalue weighted by molar-refractivity contribution is 5.80. The van der Waals surface area contributed by atoms with E-state index < -0.39 is 0 Å². The molecule has 2 atom stereocenters. The first-order chi connectivity index (χ1) is 12.3. The molecule has 25 heavy (non-hydrogen) atoms. The van der Waals surface area contributed by atoms with Crippen molar-refractivity contribution < 1.29 is 4.79 Å². The Hall–Kier alpha value is -2.43. The van der Waals surface area contributed by atoms with Gasteiger partial charge >= 0.3 is 0 Å². The summed E-state index contributed by atoms with van der Waals surface area (Å²) in [6.07, 6.45) is 9.33. The monoisotopic (exact) mass is 336 g/mol. The zero-order valence-electron chi connectivity index (χ0n) is 14.4. The van der Waals surface area contributed by atoms with Gasteiger partial charge in [0.15, 0.2) is 0 Å². The van der Waals surface area contributed by atoms with Gasteiger partial charge in [0.25, 0.3) is 0 Å². The molecule has 3 heterocycles. The van der Waals surface area contributed by atoms with Gasteiger partial charge in [0.2, 0.25) is 5.91 Å². The van der Waals surface area contributed by atoms with E-state index in [4.69, 9.17) is 0 Å². The summed E-state index contributed by atoms with van der Waals surface area (Å²) in [5.74, 6) is 1.24. The average molecular weight is 336 g/mol. The summed E-state index contributed by atoms with van der Waals surface area (Å²) >= 11 is 0. The lowest BCUT2D eigenvalue weighted by Gasteiger charge is -2.36. The molecule has 1 aromatic carbocycles. The number of aromatic nitrogens is 2. The Balaban J connectivity index is 1.48. The summed E-state index contributed by atoms with van der Waals surface area (Å²) < 4.78 is 0. The second kappa shape index (κ2) is 7.21. The second-order valence-corrected chi connectivity index (χ2v) is 6.95. The van der Waals surface area contributed by atoms with Gasteiger partial charge in [-0.05, 0) is 31.2 Å². The molecule has 0 bridgehead atoms. The minimum absolute atomic E-state index is 0.0556. The van der Waals surface area contributed by atoms with Crippen molar-refractivity contribution in [3.05, 3.63) is 54.5 Å². The van der Waals surface area contributed by atoms with Gasteiger partial charge < -0.3 is 9.80 Å². The lowest BCUT2D eigenvalue weighted by molar-refractivity contribution is -0.136. The first-order valence-corrected chi connectivity index (χ1v) is 9.19. The van der Waals surface area contributed by atoms with Gasteiger partial charge in [0.05, 0.1) is 18.2 Å². The molecule has 0 N–H and O–H groups in total. The molecule has 0 spiro atoms. The molecule has 4 rings (SSSR count). The van der Waals surface area contributed by atoms with Crippen LogP contribution in [0.5, 0.6) is 0 Å². The number of hydrogen-bond donors (Lipinski definition) is 0. The lowest BCUT2D eigenvalue weighted by atomic mass is 9.95. The van der Waals surface area contributed by atoms with Crippen LogP contribution in [0, 0.1) is 5.92 Å². The van der Waals surface area contributed by atoms with E-state index in [2.05, 4.69) is 44.0 Å². The van der Waals surface area contributed by atoms with Crippen LogP contribution in [-0.4, -0.2) is 40.4 Å². The summed E-state index contributed by atoms with van der Waals surface area (Å²) in [5.41, 5.74) is 1.26. The average Bonchev–Trinajstić information content (AvgIpc) is 3.19. The van der Waals surface area contributed by atoms with Gasteiger partial charge in [0, 0.05) is 32.0 Å². The number of amides is 1. The van der Waals surface area contributed by atoms with Crippen LogP contribution in [0.2, 0.25) is 0 Å². The fourth-order valence-corrected chi connectivity index (χ4v) is 4.13. The topological polar surface area (TPSA) is 49.3 Å². The van der Waals surface area contributed by atoms with Gasteiger partial charge in [-0.1, -0.05) is 30.3 Å². The highest BCUT2D eigenvalue weighted by Crippen LogP contribution is 2.34. The Morgan fingerprint density at radius 2 is 1.88 bits per heavy atom. The van der Waals surface area contributed by atoms with Crippen LogP contribution in [0.4, 0.5) is 5.82 Å². The molecule has 5 nitrogen and oxygen atoms in total. The smallest absolute Gasteiger partial charge is 0.227 e. The third-order valence-electron chi connectivity index (χ3n) is 5.36. The van der Waals surface area contributed by atoms with Crippen LogP contribution >= 0.6 is 0 Å². The zero-order chi connectivity index (χ0) is 17.1. The third kappa shape index (κ3) is 3.36. The normalized spacial score (nSPS) is 23.7. The van der Waals surface area contributed by atoms with Crippen LogP contribution in [0.15, 0.2) is 48.9 Å². The van der Waals surface area contributed by atoms with Gasteiger partial charge in [0.1, 0.15) is 5.82 Å². The van der Waals surface area contributed by atoms with Crippen molar-refractivity contribution in [2.45, 2.75) is 31.7 Å². The molecule has 0 saturated carbocycles. The first kappa shape index (κ1) is 16.1. The minimum Gasteiger partial charge on any atom is -0.355 e. The van der Waals surface area contributed by atoms with Crippen molar-refractivity contribution in [2.75, 3.05) is 24.5 Å². The van der Waals surface area contributed by atoms with E-state index in [1.54, 1.807) is 18.6 Å². The number of carbonyl (C=O) groups excluding carboxylic acids is 1. The molecule has 5 heteroatoms. The molecule has 2 aromatic rings. The molecule has 130 valence electrons. The van der Waals surface area contributed by atoms with E-state index in [-0.39, 0.29) is 12.0 Å². The molecule has 1 aromatic heterocycles. The zero-order valence-corrected chi connectivity index (χ0v) is 14.4. The van der Waals surface area contributed by atoms with Crippen molar-refractivity contribution in [3.63, 3.8) is 0 Å². The van der Waals surface area contributed by atoms with E-state index in [0.717, 1.165) is 51.1 Å². The summed E-state index contributed by atoms with van der Waals surface area (Å²) in [7, 11) is 0. The highest BCUT2D eigenvalue weighted by atomic mass is 16.2. The highest BCUT2D eigenvalue weighted by Gasteiger charge is 2.35. The summed E-state index contributed by atoms with van der Waals surface area (Å²) in [5, 5.41) is 0. The largest absolute Gasteiger partial charge is 0.355 e. The van der Waals surface area contributed by atoms with Crippen molar-refractivity contribution in [1.29, 1.82) is 0 Å². The predicted octanol–water partition coefficient (Wildman–Crippen LogP) is 3.06. The van der Waals surface area contributed by atoms with Crippen LogP contribution in [0.1, 0.15) is 37.3 Å².